The second-order valence-corrected chi connectivity index (χ2v) is 6.57. The monoisotopic (exact) mass is 374 g/mol. The first kappa shape index (κ1) is 19.0. The van der Waals surface area contributed by atoms with Crippen molar-refractivity contribution in [2.75, 3.05) is 0 Å². The number of halogens is 4. The van der Waals surface area contributed by atoms with E-state index in [1.165, 1.54) is 6.07 Å². The van der Waals surface area contributed by atoms with Crippen LogP contribution in [-0.4, -0.2) is 5.11 Å². The average molecular weight is 374 g/mol. The number of rotatable bonds is 4. The molecule has 5 heteroatoms. The summed E-state index contributed by atoms with van der Waals surface area (Å²) in [5, 5.41) is 9.45. The number of hydrogen-bond donors (Lipinski definition) is 1. The summed E-state index contributed by atoms with van der Waals surface area (Å²) in [5.41, 5.74) is 3.78. The lowest BCUT2D eigenvalue weighted by atomic mass is 9.92. The standard InChI is InChI=1S/C22H18F4O/c1-12-9-16(15-4-6-19(24)20(25)11-15)10-14(13(12)2)3-5-17-18(23)7-8-21(27)22(17)26/h4,6-11,27H,3,5H2,1-2H3. The first-order chi connectivity index (χ1) is 12.8. The van der Waals surface area contributed by atoms with Crippen molar-refractivity contribution in [1.82, 2.24) is 0 Å². The molecule has 3 aromatic carbocycles. The quantitative estimate of drug-likeness (QED) is 0.554. The van der Waals surface area contributed by atoms with Gasteiger partial charge in [-0.05, 0) is 78.8 Å². The molecule has 0 saturated heterocycles. The average Bonchev–Trinajstić information content (AvgIpc) is 2.63. The van der Waals surface area contributed by atoms with E-state index in [1.54, 1.807) is 0 Å². The van der Waals surface area contributed by atoms with Crippen LogP contribution in [0.3, 0.4) is 0 Å². The van der Waals surface area contributed by atoms with E-state index in [2.05, 4.69) is 0 Å². The van der Waals surface area contributed by atoms with Crippen LogP contribution in [0.4, 0.5) is 17.6 Å². The summed E-state index contributed by atoms with van der Waals surface area (Å²) in [4.78, 5) is 0. The third kappa shape index (κ3) is 3.82. The Morgan fingerprint density at radius 3 is 2.15 bits per heavy atom. The van der Waals surface area contributed by atoms with Gasteiger partial charge in [0.25, 0.3) is 0 Å². The second kappa shape index (κ2) is 7.43. The van der Waals surface area contributed by atoms with Crippen molar-refractivity contribution in [2.24, 2.45) is 0 Å². The molecule has 0 aliphatic rings. The van der Waals surface area contributed by atoms with Gasteiger partial charge in [-0.25, -0.2) is 17.6 Å². The molecule has 0 saturated carbocycles. The van der Waals surface area contributed by atoms with Crippen LogP contribution in [0.2, 0.25) is 0 Å². The lowest BCUT2D eigenvalue weighted by Crippen LogP contribution is -2.02. The van der Waals surface area contributed by atoms with Gasteiger partial charge in [0.15, 0.2) is 23.2 Å². The molecule has 0 unspecified atom stereocenters. The zero-order valence-electron chi connectivity index (χ0n) is 14.9. The Labute approximate surface area is 154 Å². The molecule has 0 aliphatic heterocycles. The van der Waals surface area contributed by atoms with Gasteiger partial charge in [0.2, 0.25) is 0 Å². The summed E-state index contributed by atoms with van der Waals surface area (Å²) in [6.07, 6.45) is 0.398. The molecule has 27 heavy (non-hydrogen) atoms. The summed E-state index contributed by atoms with van der Waals surface area (Å²) in [7, 11) is 0. The molecule has 0 aromatic heterocycles. The largest absolute Gasteiger partial charge is 0.505 e. The maximum Gasteiger partial charge on any atom is 0.170 e. The van der Waals surface area contributed by atoms with Gasteiger partial charge in [-0.2, -0.15) is 0 Å². The van der Waals surface area contributed by atoms with Crippen LogP contribution in [0.1, 0.15) is 22.3 Å². The van der Waals surface area contributed by atoms with Crippen molar-refractivity contribution in [3.63, 3.8) is 0 Å². The van der Waals surface area contributed by atoms with Crippen molar-refractivity contribution >= 4 is 0 Å². The molecular formula is C22H18F4O. The second-order valence-electron chi connectivity index (χ2n) is 6.57. The van der Waals surface area contributed by atoms with Crippen molar-refractivity contribution in [2.45, 2.75) is 26.7 Å². The van der Waals surface area contributed by atoms with Gasteiger partial charge < -0.3 is 5.11 Å². The molecule has 140 valence electrons. The Bertz CT molecular complexity index is 1010. The number of phenolic OH excluding ortho intramolecular Hbond substituents is 1. The topological polar surface area (TPSA) is 20.2 Å². The molecule has 0 fully saturated rings. The third-order valence-corrected chi connectivity index (χ3v) is 4.84. The predicted octanol–water partition coefficient (Wildman–Crippen LogP) is 6.02. The third-order valence-electron chi connectivity index (χ3n) is 4.84. The van der Waals surface area contributed by atoms with Gasteiger partial charge in [-0.3, -0.25) is 0 Å². The zero-order chi connectivity index (χ0) is 19.7. The first-order valence-corrected chi connectivity index (χ1v) is 8.49. The molecule has 0 radical (unpaired) electrons. The molecule has 3 aromatic rings. The van der Waals surface area contributed by atoms with E-state index >= 15 is 0 Å². The van der Waals surface area contributed by atoms with Gasteiger partial charge >= 0.3 is 0 Å². The highest BCUT2D eigenvalue weighted by Gasteiger charge is 2.15. The van der Waals surface area contributed by atoms with Gasteiger partial charge in [0, 0.05) is 5.56 Å². The maximum absolute atomic E-state index is 14.0. The number of aryl methyl sites for hydroxylation is 2. The molecule has 0 atom stereocenters. The highest BCUT2D eigenvalue weighted by atomic mass is 19.2. The Balaban J connectivity index is 1.95. The molecule has 0 spiro atoms. The van der Waals surface area contributed by atoms with Crippen LogP contribution < -0.4 is 0 Å². The number of aromatic hydroxyl groups is 1. The van der Waals surface area contributed by atoms with Crippen LogP contribution >= 0.6 is 0 Å². The number of hydrogen-bond acceptors (Lipinski definition) is 1. The number of benzene rings is 3. The minimum atomic E-state index is -0.957. The molecule has 0 bridgehead atoms. The van der Waals surface area contributed by atoms with E-state index in [1.807, 2.05) is 26.0 Å². The van der Waals surface area contributed by atoms with Crippen LogP contribution in [0, 0.1) is 37.1 Å². The normalized spacial score (nSPS) is 11.0. The smallest absolute Gasteiger partial charge is 0.170 e. The fourth-order valence-electron chi connectivity index (χ4n) is 3.11. The molecule has 0 heterocycles. The molecule has 0 amide bonds. The zero-order valence-corrected chi connectivity index (χ0v) is 14.9. The summed E-state index contributed by atoms with van der Waals surface area (Å²) in [5.74, 6) is -4.11. The van der Waals surface area contributed by atoms with Gasteiger partial charge in [0.1, 0.15) is 5.82 Å². The van der Waals surface area contributed by atoms with Crippen LogP contribution in [-0.2, 0) is 12.8 Å². The van der Waals surface area contributed by atoms with Gasteiger partial charge in [-0.15, -0.1) is 0 Å². The van der Waals surface area contributed by atoms with Crippen molar-refractivity contribution in [1.29, 1.82) is 0 Å². The molecule has 3 rings (SSSR count). The number of phenols is 1. The molecule has 1 nitrogen and oxygen atoms in total. The van der Waals surface area contributed by atoms with E-state index in [4.69, 9.17) is 0 Å². The Kier molecular flexibility index (Phi) is 5.22. The Hall–Kier alpha value is -2.82. The van der Waals surface area contributed by atoms with Crippen LogP contribution in [0.15, 0.2) is 42.5 Å². The lowest BCUT2D eigenvalue weighted by molar-refractivity contribution is 0.422. The molecule has 1 N–H and O–H groups in total. The maximum atomic E-state index is 14.0. The van der Waals surface area contributed by atoms with Crippen LogP contribution in [0.5, 0.6) is 5.75 Å². The van der Waals surface area contributed by atoms with E-state index in [0.717, 1.165) is 41.0 Å². The van der Waals surface area contributed by atoms with Gasteiger partial charge in [-0.1, -0.05) is 18.2 Å². The minimum absolute atomic E-state index is 0.0631. The van der Waals surface area contributed by atoms with E-state index in [9.17, 15) is 22.7 Å². The van der Waals surface area contributed by atoms with E-state index in [-0.39, 0.29) is 12.0 Å². The van der Waals surface area contributed by atoms with Crippen molar-refractivity contribution in [3.8, 4) is 16.9 Å². The van der Waals surface area contributed by atoms with Crippen molar-refractivity contribution in [3.05, 3.63) is 88.0 Å². The van der Waals surface area contributed by atoms with E-state index < -0.39 is 29.0 Å². The fourth-order valence-corrected chi connectivity index (χ4v) is 3.11. The van der Waals surface area contributed by atoms with Crippen LogP contribution in [0.25, 0.3) is 11.1 Å². The molecule has 0 aliphatic carbocycles. The highest BCUT2D eigenvalue weighted by Crippen LogP contribution is 2.29. The summed E-state index contributed by atoms with van der Waals surface area (Å²) in [6, 6.07) is 9.36. The predicted molar refractivity (Wildman–Crippen MR) is 96.7 cm³/mol. The highest BCUT2D eigenvalue weighted by molar-refractivity contribution is 5.66. The summed E-state index contributed by atoms with van der Waals surface area (Å²) in [6.45, 7) is 3.78. The molecular weight excluding hydrogens is 356 g/mol. The first-order valence-electron chi connectivity index (χ1n) is 8.49. The Morgan fingerprint density at radius 1 is 0.741 bits per heavy atom. The fraction of sp³-hybridized carbons (Fsp3) is 0.182. The lowest BCUT2D eigenvalue weighted by Gasteiger charge is -2.14. The van der Waals surface area contributed by atoms with E-state index in [0.29, 0.717) is 17.5 Å². The van der Waals surface area contributed by atoms with Crippen molar-refractivity contribution < 1.29 is 22.7 Å². The minimum Gasteiger partial charge on any atom is -0.505 e. The summed E-state index contributed by atoms with van der Waals surface area (Å²) >= 11 is 0. The summed E-state index contributed by atoms with van der Waals surface area (Å²) < 4.78 is 54.7. The van der Waals surface area contributed by atoms with Gasteiger partial charge in [0.05, 0.1) is 0 Å². The Morgan fingerprint density at radius 2 is 1.44 bits per heavy atom. The SMILES string of the molecule is Cc1cc(-c2ccc(F)c(F)c2)cc(CCc2c(F)ccc(O)c2F)c1C.